The molecule has 98 valence electrons. The van der Waals surface area contributed by atoms with Gasteiger partial charge in [-0.1, -0.05) is 6.92 Å². The van der Waals surface area contributed by atoms with Crippen LogP contribution >= 0.6 is 0 Å². The Hall–Kier alpha value is -0.130. The summed E-state index contributed by atoms with van der Waals surface area (Å²) in [7, 11) is -3.41. The maximum absolute atomic E-state index is 11.0. The summed E-state index contributed by atoms with van der Waals surface area (Å²) >= 11 is 0. The number of hydrogen-bond acceptors (Lipinski definition) is 4. The first kappa shape index (κ1) is 15.9. The van der Waals surface area contributed by atoms with E-state index in [4.69, 9.17) is 8.92 Å². The summed E-state index contributed by atoms with van der Waals surface area (Å²) < 4.78 is 32.6. The predicted molar refractivity (Wildman–Crippen MR) is 64.9 cm³/mol. The third-order valence-electron chi connectivity index (χ3n) is 2.43. The summed E-state index contributed by atoms with van der Waals surface area (Å²) in [6.45, 7) is 10.1. The number of rotatable bonds is 7. The molecule has 0 aliphatic heterocycles. The Balaban J connectivity index is 4.11. The molecule has 0 aromatic carbocycles. The van der Waals surface area contributed by atoms with E-state index >= 15 is 0 Å². The van der Waals surface area contributed by atoms with Crippen molar-refractivity contribution in [3.05, 3.63) is 0 Å². The first-order valence-corrected chi connectivity index (χ1v) is 7.34. The molecule has 0 saturated carbocycles. The van der Waals surface area contributed by atoms with E-state index in [0.717, 1.165) is 12.7 Å². The number of hydrogen-bond donors (Lipinski definition) is 0. The first-order chi connectivity index (χ1) is 6.97. The van der Waals surface area contributed by atoms with E-state index in [2.05, 4.69) is 6.92 Å². The van der Waals surface area contributed by atoms with Crippen molar-refractivity contribution in [2.45, 2.75) is 58.7 Å². The van der Waals surface area contributed by atoms with Crippen molar-refractivity contribution >= 4 is 10.1 Å². The molecular weight excluding hydrogens is 228 g/mol. The van der Waals surface area contributed by atoms with Gasteiger partial charge in [0.1, 0.15) is 0 Å². The summed E-state index contributed by atoms with van der Waals surface area (Å²) in [5.74, 6) is 0. The molecule has 0 rings (SSSR count). The van der Waals surface area contributed by atoms with Crippen LogP contribution in [0.2, 0.25) is 0 Å². The van der Waals surface area contributed by atoms with E-state index in [-0.39, 0.29) is 5.60 Å². The quantitative estimate of drug-likeness (QED) is 0.653. The van der Waals surface area contributed by atoms with Gasteiger partial charge in [-0.15, -0.1) is 0 Å². The van der Waals surface area contributed by atoms with Crippen LogP contribution < -0.4 is 0 Å². The molecule has 0 saturated heterocycles. The molecule has 4 nitrogen and oxygen atoms in total. The van der Waals surface area contributed by atoms with Gasteiger partial charge in [-0.25, -0.2) is 0 Å². The van der Waals surface area contributed by atoms with Crippen LogP contribution in [0.15, 0.2) is 0 Å². The highest BCUT2D eigenvalue weighted by molar-refractivity contribution is 7.86. The van der Waals surface area contributed by atoms with Crippen LogP contribution in [0.5, 0.6) is 0 Å². The normalized spacial score (nSPS) is 14.1. The highest BCUT2D eigenvalue weighted by atomic mass is 32.2. The molecule has 0 aromatic heterocycles. The van der Waals surface area contributed by atoms with Gasteiger partial charge in [0.15, 0.2) is 0 Å². The van der Waals surface area contributed by atoms with E-state index < -0.39 is 15.7 Å². The minimum absolute atomic E-state index is 0.166. The largest absolute Gasteiger partial charge is 0.375 e. The van der Waals surface area contributed by atoms with Crippen molar-refractivity contribution in [1.82, 2.24) is 0 Å². The molecular formula is C11H24O4S. The van der Waals surface area contributed by atoms with Crippen molar-refractivity contribution < 1.29 is 17.3 Å². The molecule has 0 atom stereocenters. The minimum atomic E-state index is -3.41. The zero-order valence-electron chi connectivity index (χ0n) is 11.2. The summed E-state index contributed by atoms with van der Waals surface area (Å²) in [4.78, 5) is 0. The van der Waals surface area contributed by atoms with E-state index in [9.17, 15) is 8.42 Å². The fourth-order valence-electron chi connectivity index (χ4n) is 1.13. The van der Waals surface area contributed by atoms with Crippen LogP contribution in [-0.4, -0.2) is 32.5 Å². The predicted octanol–water partition coefficient (Wildman–Crippen LogP) is 2.34. The monoisotopic (exact) mass is 252 g/mol. The van der Waals surface area contributed by atoms with Gasteiger partial charge in [-0.3, -0.25) is 4.18 Å². The van der Waals surface area contributed by atoms with Gasteiger partial charge >= 0.3 is 0 Å². The van der Waals surface area contributed by atoms with Crippen molar-refractivity contribution in [3.63, 3.8) is 0 Å². The molecule has 0 aliphatic carbocycles. The second-order valence-corrected chi connectivity index (χ2v) is 6.83. The van der Waals surface area contributed by atoms with Gasteiger partial charge in [-0.05, 0) is 34.1 Å². The Labute approximate surface area is 99.5 Å². The van der Waals surface area contributed by atoms with Gasteiger partial charge in [0, 0.05) is 6.42 Å². The van der Waals surface area contributed by atoms with Gasteiger partial charge < -0.3 is 4.74 Å². The van der Waals surface area contributed by atoms with Crippen LogP contribution in [0.25, 0.3) is 0 Å². The molecule has 0 amide bonds. The number of ether oxygens (including phenoxy) is 1. The zero-order valence-corrected chi connectivity index (χ0v) is 12.0. The van der Waals surface area contributed by atoms with Crippen LogP contribution in [0.4, 0.5) is 0 Å². The van der Waals surface area contributed by atoms with Gasteiger partial charge in [0.05, 0.1) is 24.1 Å². The van der Waals surface area contributed by atoms with Crippen molar-refractivity contribution in [2.24, 2.45) is 0 Å². The molecule has 16 heavy (non-hydrogen) atoms. The van der Waals surface area contributed by atoms with Crippen LogP contribution in [0.3, 0.4) is 0 Å². The second-order valence-electron chi connectivity index (χ2n) is 5.26. The van der Waals surface area contributed by atoms with Crippen LogP contribution in [0, 0.1) is 0 Å². The Morgan fingerprint density at radius 3 is 1.94 bits per heavy atom. The lowest BCUT2D eigenvalue weighted by atomic mass is 10.0. The average Bonchev–Trinajstić information content (AvgIpc) is 1.98. The molecule has 0 bridgehead atoms. The first-order valence-electron chi connectivity index (χ1n) is 5.52. The minimum Gasteiger partial charge on any atom is -0.375 e. The molecule has 0 aliphatic rings. The van der Waals surface area contributed by atoms with Crippen molar-refractivity contribution in [1.29, 1.82) is 0 Å². The maximum Gasteiger partial charge on any atom is 0.264 e. The lowest BCUT2D eigenvalue weighted by Gasteiger charge is -2.28. The summed E-state index contributed by atoms with van der Waals surface area (Å²) in [5, 5.41) is 0. The molecule has 0 N–H and O–H groups in total. The summed E-state index contributed by atoms with van der Waals surface area (Å²) in [5.41, 5.74) is -0.876. The topological polar surface area (TPSA) is 52.6 Å². The Morgan fingerprint density at radius 1 is 1.06 bits per heavy atom. The van der Waals surface area contributed by atoms with Crippen LogP contribution in [0.1, 0.15) is 47.5 Å². The molecule has 0 heterocycles. The van der Waals surface area contributed by atoms with Gasteiger partial charge in [0.2, 0.25) is 0 Å². The molecule has 5 heteroatoms. The van der Waals surface area contributed by atoms with E-state index in [0.29, 0.717) is 13.0 Å². The summed E-state index contributed by atoms with van der Waals surface area (Å²) in [6.07, 6.45) is 2.52. The van der Waals surface area contributed by atoms with Gasteiger partial charge in [-0.2, -0.15) is 8.42 Å². The van der Waals surface area contributed by atoms with Crippen LogP contribution in [-0.2, 0) is 19.0 Å². The maximum atomic E-state index is 11.0. The third kappa shape index (κ3) is 8.07. The Kier molecular flexibility index (Phi) is 5.42. The van der Waals surface area contributed by atoms with Crippen molar-refractivity contribution in [3.8, 4) is 0 Å². The highest BCUT2D eigenvalue weighted by Gasteiger charge is 2.25. The molecule has 0 radical (unpaired) electrons. The molecule has 0 fully saturated rings. The Morgan fingerprint density at radius 2 is 1.56 bits per heavy atom. The summed E-state index contributed by atoms with van der Waals surface area (Å²) in [6, 6.07) is 0. The van der Waals surface area contributed by atoms with E-state index in [1.54, 1.807) is 13.8 Å². The SMILES string of the molecule is CCC(C)(C)OCCC(C)(C)OS(C)(=O)=O. The molecule has 0 unspecified atom stereocenters. The standard InChI is InChI=1S/C11H24O4S/c1-7-10(2,3)14-9-8-11(4,5)15-16(6,12)13/h7-9H2,1-6H3. The molecule has 0 spiro atoms. The smallest absolute Gasteiger partial charge is 0.264 e. The average molecular weight is 252 g/mol. The lowest BCUT2D eigenvalue weighted by Crippen LogP contribution is -2.32. The van der Waals surface area contributed by atoms with E-state index in [1.165, 1.54) is 0 Å². The highest BCUT2D eigenvalue weighted by Crippen LogP contribution is 2.20. The molecule has 0 aromatic rings. The van der Waals surface area contributed by atoms with Gasteiger partial charge in [0.25, 0.3) is 10.1 Å². The Bertz CT molecular complexity index is 304. The zero-order chi connectivity index (χ0) is 13.0. The second kappa shape index (κ2) is 5.47. The lowest BCUT2D eigenvalue weighted by molar-refractivity contribution is -0.0411. The van der Waals surface area contributed by atoms with Crippen molar-refractivity contribution in [2.75, 3.05) is 12.9 Å². The fraction of sp³-hybridized carbons (Fsp3) is 1.00. The third-order valence-corrected chi connectivity index (χ3v) is 3.18. The fourth-order valence-corrected chi connectivity index (χ4v) is 2.03. The van der Waals surface area contributed by atoms with E-state index in [1.807, 2.05) is 13.8 Å².